The molecule has 0 saturated heterocycles. The van der Waals surface area contributed by atoms with Crippen LogP contribution in [0.5, 0.6) is 0 Å². The van der Waals surface area contributed by atoms with Crippen molar-refractivity contribution in [2.45, 2.75) is 64.2 Å². The smallest absolute Gasteiger partial charge is 0.123 e. The molecule has 2 aromatic carbocycles. The Kier molecular flexibility index (Phi) is 6.07. The van der Waals surface area contributed by atoms with E-state index in [1.54, 1.807) is 12.1 Å². The van der Waals surface area contributed by atoms with Crippen molar-refractivity contribution < 1.29 is 4.39 Å². The molecule has 1 heteroatoms. The Hall–Kier alpha value is -1.63. The van der Waals surface area contributed by atoms with E-state index in [1.165, 1.54) is 55.2 Å². The second-order valence-corrected chi connectivity index (χ2v) is 7.37. The van der Waals surface area contributed by atoms with Crippen LogP contribution in [0.25, 0.3) is 0 Å². The van der Waals surface area contributed by atoms with Gasteiger partial charge >= 0.3 is 0 Å². The Morgan fingerprint density at radius 2 is 1.33 bits per heavy atom. The molecule has 1 aliphatic rings. The van der Waals surface area contributed by atoms with Gasteiger partial charge < -0.3 is 0 Å². The Bertz CT molecular complexity index is 603. The van der Waals surface area contributed by atoms with Crippen LogP contribution >= 0.6 is 0 Å². The first-order valence-electron chi connectivity index (χ1n) is 9.58. The highest BCUT2D eigenvalue weighted by Crippen LogP contribution is 2.37. The van der Waals surface area contributed by atoms with Crippen LogP contribution in [0.2, 0.25) is 0 Å². The summed E-state index contributed by atoms with van der Waals surface area (Å²) in [6.45, 7) is 2.30. The highest BCUT2D eigenvalue weighted by molar-refractivity contribution is 5.27. The molecule has 0 aromatic heterocycles. The number of hydrogen-bond acceptors (Lipinski definition) is 0. The van der Waals surface area contributed by atoms with Gasteiger partial charge in [-0.05, 0) is 79.2 Å². The van der Waals surface area contributed by atoms with E-state index >= 15 is 0 Å². The van der Waals surface area contributed by atoms with E-state index < -0.39 is 0 Å². The molecule has 0 nitrogen and oxygen atoms in total. The summed E-state index contributed by atoms with van der Waals surface area (Å²) in [5.74, 6) is 1.59. The maximum Gasteiger partial charge on any atom is 0.123 e. The van der Waals surface area contributed by atoms with Crippen molar-refractivity contribution in [2.24, 2.45) is 5.92 Å². The minimum absolute atomic E-state index is 0.156. The van der Waals surface area contributed by atoms with E-state index in [2.05, 4.69) is 31.2 Å². The molecule has 0 radical (unpaired) electrons. The van der Waals surface area contributed by atoms with Crippen LogP contribution in [0, 0.1) is 11.7 Å². The third-order valence-corrected chi connectivity index (χ3v) is 5.61. The van der Waals surface area contributed by atoms with E-state index in [1.807, 2.05) is 12.1 Å². The molecule has 0 spiro atoms. The highest BCUT2D eigenvalue weighted by Gasteiger charge is 2.21. The molecule has 0 amide bonds. The minimum Gasteiger partial charge on any atom is -0.207 e. The van der Waals surface area contributed by atoms with Crippen LogP contribution in [-0.4, -0.2) is 0 Å². The molecule has 2 aromatic rings. The van der Waals surface area contributed by atoms with Gasteiger partial charge in [-0.2, -0.15) is 0 Å². The van der Waals surface area contributed by atoms with E-state index in [4.69, 9.17) is 0 Å². The molecule has 0 aliphatic heterocycles. The largest absolute Gasteiger partial charge is 0.207 e. The number of aryl methyl sites for hydroxylation is 2. The molecule has 0 N–H and O–H groups in total. The molecular weight excluding hydrogens is 295 g/mol. The predicted molar refractivity (Wildman–Crippen MR) is 99.9 cm³/mol. The molecule has 0 bridgehead atoms. The summed E-state index contributed by atoms with van der Waals surface area (Å²) >= 11 is 0. The summed E-state index contributed by atoms with van der Waals surface area (Å²) in [5, 5.41) is 0. The summed E-state index contributed by atoms with van der Waals surface area (Å²) in [6.07, 6.45) is 10.3. The van der Waals surface area contributed by atoms with Crippen molar-refractivity contribution >= 4 is 0 Å². The summed E-state index contributed by atoms with van der Waals surface area (Å²) in [4.78, 5) is 0. The second-order valence-electron chi connectivity index (χ2n) is 7.37. The third kappa shape index (κ3) is 4.69. The molecule has 1 fully saturated rings. The molecule has 1 aliphatic carbocycles. The second kappa shape index (κ2) is 8.46. The van der Waals surface area contributed by atoms with Gasteiger partial charge in [0, 0.05) is 0 Å². The van der Waals surface area contributed by atoms with Gasteiger partial charge in [-0.3, -0.25) is 0 Å². The lowest BCUT2D eigenvalue weighted by molar-refractivity contribution is 0.308. The SMILES string of the molecule is CCC[C@H]1CC[C@H](c2ccc(CCc3ccc(F)cc3)cc2)CC1. The van der Waals surface area contributed by atoms with Crippen LogP contribution < -0.4 is 0 Å². The number of halogens is 1. The van der Waals surface area contributed by atoms with Crippen LogP contribution in [-0.2, 0) is 12.8 Å². The molecule has 24 heavy (non-hydrogen) atoms. The van der Waals surface area contributed by atoms with E-state index in [0.29, 0.717) is 0 Å². The van der Waals surface area contributed by atoms with Crippen LogP contribution in [0.3, 0.4) is 0 Å². The van der Waals surface area contributed by atoms with Gasteiger partial charge in [0.2, 0.25) is 0 Å². The normalized spacial score (nSPS) is 20.9. The van der Waals surface area contributed by atoms with Crippen molar-refractivity contribution in [3.63, 3.8) is 0 Å². The number of hydrogen-bond donors (Lipinski definition) is 0. The van der Waals surface area contributed by atoms with Gasteiger partial charge in [0.05, 0.1) is 0 Å². The molecule has 3 rings (SSSR count). The Morgan fingerprint density at radius 3 is 1.88 bits per heavy atom. The van der Waals surface area contributed by atoms with Gasteiger partial charge in [-0.15, -0.1) is 0 Å². The minimum atomic E-state index is -0.156. The van der Waals surface area contributed by atoms with E-state index in [-0.39, 0.29) is 5.82 Å². The summed E-state index contributed by atoms with van der Waals surface area (Å²) in [6, 6.07) is 16.1. The zero-order chi connectivity index (χ0) is 16.8. The monoisotopic (exact) mass is 324 g/mol. The van der Waals surface area contributed by atoms with Crippen molar-refractivity contribution in [3.8, 4) is 0 Å². The fourth-order valence-electron chi connectivity index (χ4n) is 4.09. The van der Waals surface area contributed by atoms with Crippen LogP contribution in [0.4, 0.5) is 4.39 Å². The first kappa shape index (κ1) is 17.2. The quantitative estimate of drug-likeness (QED) is 0.555. The maximum atomic E-state index is 12.9. The Morgan fingerprint density at radius 1 is 0.792 bits per heavy atom. The lowest BCUT2D eigenvalue weighted by atomic mass is 9.77. The fourth-order valence-corrected chi connectivity index (χ4v) is 4.09. The van der Waals surface area contributed by atoms with E-state index in [0.717, 1.165) is 24.7 Å². The number of rotatable bonds is 6. The van der Waals surface area contributed by atoms with Gasteiger partial charge in [0.25, 0.3) is 0 Å². The topological polar surface area (TPSA) is 0 Å². The summed E-state index contributed by atoms with van der Waals surface area (Å²) < 4.78 is 12.9. The zero-order valence-electron chi connectivity index (χ0n) is 14.8. The van der Waals surface area contributed by atoms with Crippen molar-refractivity contribution in [1.29, 1.82) is 0 Å². The molecular formula is C23H29F. The molecule has 0 atom stereocenters. The third-order valence-electron chi connectivity index (χ3n) is 5.61. The Balaban J connectivity index is 1.51. The zero-order valence-corrected chi connectivity index (χ0v) is 14.8. The molecule has 128 valence electrons. The van der Waals surface area contributed by atoms with Gasteiger partial charge in [-0.25, -0.2) is 4.39 Å². The van der Waals surface area contributed by atoms with Crippen LogP contribution in [0.1, 0.15) is 68.1 Å². The maximum absolute atomic E-state index is 12.9. The molecule has 0 heterocycles. The highest BCUT2D eigenvalue weighted by atomic mass is 19.1. The average Bonchev–Trinajstić information content (AvgIpc) is 2.63. The summed E-state index contributed by atoms with van der Waals surface area (Å²) in [7, 11) is 0. The van der Waals surface area contributed by atoms with Gasteiger partial charge in [-0.1, -0.05) is 56.2 Å². The van der Waals surface area contributed by atoms with E-state index in [9.17, 15) is 4.39 Å². The van der Waals surface area contributed by atoms with Gasteiger partial charge in [0.15, 0.2) is 0 Å². The van der Waals surface area contributed by atoms with Gasteiger partial charge in [0.1, 0.15) is 5.82 Å². The standard InChI is InChI=1S/C23H29F/c1-2-3-18-6-12-21(13-7-18)22-14-8-19(9-15-22)4-5-20-10-16-23(24)17-11-20/h8-11,14-18,21H,2-7,12-13H2,1H3/t18-,21-. The van der Waals surface area contributed by atoms with Crippen molar-refractivity contribution in [3.05, 3.63) is 71.0 Å². The lowest BCUT2D eigenvalue weighted by Gasteiger charge is -2.28. The van der Waals surface area contributed by atoms with Crippen LogP contribution in [0.15, 0.2) is 48.5 Å². The number of benzene rings is 2. The lowest BCUT2D eigenvalue weighted by Crippen LogP contribution is -2.13. The Labute approximate surface area is 146 Å². The first-order valence-corrected chi connectivity index (χ1v) is 9.58. The predicted octanol–water partition coefficient (Wildman–Crippen LogP) is 6.68. The van der Waals surface area contributed by atoms with Crippen molar-refractivity contribution in [2.75, 3.05) is 0 Å². The fraction of sp³-hybridized carbons (Fsp3) is 0.478. The average molecular weight is 324 g/mol. The van der Waals surface area contributed by atoms with Crippen molar-refractivity contribution in [1.82, 2.24) is 0 Å². The molecule has 1 saturated carbocycles. The first-order chi connectivity index (χ1) is 11.7. The summed E-state index contributed by atoms with van der Waals surface area (Å²) in [5.41, 5.74) is 4.10. The molecule has 0 unspecified atom stereocenters.